The summed E-state index contributed by atoms with van der Waals surface area (Å²) in [6.07, 6.45) is 0. The number of nitrogens with zero attached hydrogens (tertiary/aromatic N) is 1. The SMILES string of the molecule is Cc1cc(Br)ccc1OCC(=O)N(C)C(C)C. The number of aryl methyl sites for hydroxylation is 1. The van der Waals surface area contributed by atoms with Gasteiger partial charge in [0.2, 0.25) is 0 Å². The average molecular weight is 300 g/mol. The number of ether oxygens (including phenoxy) is 1. The largest absolute Gasteiger partial charge is 0.483 e. The third-order valence-electron chi connectivity index (χ3n) is 2.66. The number of rotatable bonds is 4. The van der Waals surface area contributed by atoms with Gasteiger partial charge in [0.15, 0.2) is 6.61 Å². The molecule has 1 aromatic rings. The second-order valence-electron chi connectivity index (χ2n) is 4.30. The van der Waals surface area contributed by atoms with Crippen LogP contribution >= 0.6 is 15.9 Å². The number of amides is 1. The summed E-state index contributed by atoms with van der Waals surface area (Å²) in [4.78, 5) is 13.4. The molecule has 0 aromatic heterocycles. The van der Waals surface area contributed by atoms with E-state index in [0.717, 1.165) is 15.8 Å². The highest BCUT2D eigenvalue weighted by Crippen LogP contribution is 2.22. The molecule has 0 heterocycles. The van der Waals surface area contributed by atoms with Gasteiger partial charge in [-0.2, -0.15) is 0 Å². The zero-order valence-electron chi connectivity index (χ0n) is 10.7. The molecule has 0 aliphatic rings. The van der Waals surface area contributed by atoms with Crippen molar-refractivity contribution in [1.82, 2.24) is 4.90 Å². The van der Waals surface area contributed by atoms with Crippen LogP contribution in [-0.4, -0.2) is 30.5 Å². The van der Waals surface area contributed by atoms with Crippen LogP contribution in [0.4, 0.5) is 0 Å². The molecule has 0 spiro atoms. The van der Waals surface area contributed by atoms with E-state index in [1.54, 1.807) is 11.9 Å². The van der Waals surface area contributed by atoms with Gasteiger partial charge in [-0.15, -0.1) is 0 Å². The Hall–Kier alpha value is -1.03. The molecule has 4 heteroatoms. The lowest BCUT2D eigenvalue weighted by Crippen LogP contribution is -2.36. The quantitative estimate of drug-likeness (QED) is 0.855. The van der Waals surface area contributed by atoms with Gasteiger partial charge < -0.3 is 9.64 Å². The van der Waals surface area contributed by atoms with E-state index in [4.69, 9.17) is 4.74 Å². The van der Waals surface area contributed by atoms with Crippen LogP contribution in [0, 0.1) is 6.92 Å². The van der Waals surface area contributed by atoms with Crippen LogP contribution in [0.25, 0.3) is 0 Å². The highest BCUT2D eigenvalue weighted by Gasteiger charge is 2.12. The smallest absolute Gasteiger partial charge is 0.260 e. The summed E-state index contributed by atoms with van der Waals surface area (Å²) in [6.45, 7) is 5.99. The van der Waals surface area contributed by atoms with Crippen molar-refractivity contribution in [3.05, 3.63) is 28.2 Å². The molecule has 3 nitrogen and oxygen atoms in total. The minimum Gasteiger partial charge on any atom is -0.483 e. The molecule has 1 aromatic carbocycles. The number of carbonyl (C=O) groups is 1. The Morgan fingerprint density at radius 3 is 2.65 bits per heavy atom. The average Bonchev–Trinajstić information content (AvgIpc) is 2.26. The van der Waals surface area contributed by atoms with Gasteiger partial charge in [-0.3, -0.25) is 4.79 Å². The van der Waals surface area contributed by atoms with E-state index in [1.165, 1.54) is 0 Å². The van der Waals surface area contributed by atoms with E-state index in [0.29, 0.717) is 0 Å². The van der Waals surface area contributed by atoms with Crippen molar-refractivity contribution in [1.29, 1.82) is 0 Å². The number of hydrogen-bond acceptors (Lipinski definition) is 2. The molecule has 0 fully saturated rings. The molecule has 1 rings (SSSR count). The van der Waals surface area contributed by atoms with Crippen LogP contribution in [0.2, 0.25) is 0 Å². The minimum atomic E-state index is -0.0117. The second kappa shape index (κ2) is 6.05. The Morgan fingerprint density at radius 2 is 2.12 bits per heavy atom. The molecular weight excluding hydrogens is 282 g/mol. The lowest BCUT2D eigenvalue weighted by atomic mass is 10.2. The van der Waals surface area contributed by atoms with Gasteiger partial charge in [-0.1, -0.05) is 15.9 Å². The fraction of sp³-hybridized carbons (Fsp3) is 0.462. The van der Waals surface area contributed by atoms with E-state index in [-0.39, 0.29) is 18.6 Å². The number of carbonyl (C=O) groups excluding carboxylic acids is 1. The Labute approximate surface area is 111 Å². The van der Waals surface area contributed by atoms with Gasteiger partial charge in [0, 0.05) is 17.6 Å². The van der Waals surface area contributed by atoms with Crippen molar-refractivity contribution in [3.8, 4) is 5.75 Å². The Kier molecular flexibility index (Phi) is 5.00. The highest BCUT2D eigenvalue weighted by atomic mass is 79.9. The van der Waals surface area contributed by atoms with Crippen molar-refractivity contribution in [2.75, 3.05) is 13.7 Å². The third kappa shape index (κ3) is 4.04. The fourth-order valence-corrected chi connectivity index (χ4v) is 1.78. The van der Waals surface area contributed by atoms with Crippen molar-refractivity contribution in [3.63, 3.8) is 0 Å². The van der Waals surface area contributed by atoms with Gasteiger partial charge in [-0.25, -0.2) is 0 Å². The Bertz CT molecular complexity index is 404. The molecule has 94 valence electrons. The predicted octanol–water partition coefficient (Wildman–Crippen LogP) is 3.00. The number of hydrogen-bond donors (Lipinski definition) is 0. The van der Waals surface area contributed by atoms with Crippen LogP contribution in [-0.2, 0) is 4.79 Å². The number of halogens is 1. The molecule has 1 amide bonds. The van der Waals surface area contributed by atoms with Gasteiger partial charge in [0.25, 0.3) is 5.91 Å². The summed E-state index contributed by atoms with van der Waals surface area (Å²) in [5, 5.41) is 0. The van der Waals surface area contributed by atoms with Gasteiger partial charge in [-0.05, 0) is 44.5 Å². The fourth-order valence-electron chi connectivity index (χ4n) is 1.30. The third-order valence-corrected chi connectivity index (χ3v) is 3.15. The van der Waals surface area contributed by atoms with Crippen molar-refractivity contribution < 1.29 is 9.53 Å². The molecule has 0 N–H and O–H groups in total. The zero-order valence-corrected chi connectivity index (χ0v) is 12.2. The summed E-state index contributed by atoms with van der Waals surface area (Å²) in [5.74, 6) is 0.737. The van der Waals surface area contributed by atoms with Crippen LogP contribution in [0.3, 0.4) is 0 Å². The molecule has 0 atom stereocenters. The van der Waals surface area contributed by atoms with E-state index >= 15 is 0 Å². The molecule has 0 bridgehead atoms. The summed E-state index contributed by atoms with van der Waals surface area (Å²) in [7, 11) is 1.78. The van der Waals surface area contributed by atoms with Crippen molar-refractivity contribution in [2.45, 2.75) is 26.8 Å². The van der Waals surface area contributed by atoms with E-state index in [1.807, 2.05) is 39.0 Å². The number of benzene rings is 1. The lowest BCUT2D eigenvalue weighted by molar-refractivity contribution is -0.133. The standard InChI is InChI=1S/C13H18BrNO2/c1-9(2)15(4)13(16)8-17-12-6-5-11(14)7-10(12)3/h5-7,9H,8H2,1-4H3. The van der Waals surface area contributed by atoms with Crippen LogP contribution in [0.1, 0.15) is 19.4 Å². The monoisotopic (exact) mass is 299 g/mol. The summed E-state index contributed by atoms with van der Waals surface area (Å²) >= 11 is 3.39. The summed E-state index contributed by atoms with van der Waals surface area (Å²) in [5.41, 5.74) is 1.01. The van der Waals surface area contributed by atoms with Gasteiger partial charge in [0.1, 0.15) is 5.75 Å². The molecule has 0 radical (unpaired) electrons. The minimum absolute atomic E-state index is 0.0117. The second-order valence-corrected chi connectivity index (χ2v) is 5.21. The first-order chi connectivity index (χ1) is 7.91. The summed E-state index contributed by atoms with van der Waals surface area (Å²) in [6, 6.07) is 5.92. The molecule has 0 saturated heterocycles. The van der Waals surface area contributed by atoms with E-state index in [2.05, 4.69) is 15.9 Å². The lowest BCUT2D eigenvalue weighted by Gasteiger charge is -2.21. The molecule has 0 aliphatic heterocycles. The molecular formula is C13H18BrNO2. The molecule has 0 aliphatic carbocycles. The maximum absolute atomic E-state index is 11.7. The van der Waals surface area contributed by atoms with Gasteiger partial charge >= 0.3 is 0 Å². The molecule has 17 heavy (non-hydrogen) atoms. The Morgan fingerprint density at radius 1 is 1.47 bits per heavy atom. The highest BCUT2D eigenvalue weighted by molar-refractivity contribution is 9.10. The summed E-state index contributed by atoms with van der Waals surface area (Å²) < 4.78 is 6.52. The number of likely N-dealkylation sites (N-methyl/N-ethyl adjacent to an activating group) is 1. The normalized spacial score (nSPS) is 10.5. The van der Waals surface area contributed by atoms with E-state index in [9.17, 15) is 4.79 Å². The van der Waals surface area contributed by atoms with Crippen LogP contribution in [0.15, 0.2) is 22.7 Å². The Balaban J connectivity index is 2.59. The molecule has 0 saturated carbocycles. The van der Waals surface area contributed by atoms with Gasteiger partial charge in [0.05, 0.1) is 0 Å². The first kappa shape index (κ1) is 14.0. The van der Waals surface area contributed by atoms with Crippen LogP contribution < -0.4 is 4.74 Å². The van der Waals surface area contributed by atoms with Crippen molar-refractivity contribution in [2.24, 2.45) is 0 Å². The molecule has 0 unspecified atom stereocenters. The zero-order chi connectivity index (χ0) is 13.0. The maximum Gasteiger partial charge on any atom is 0.260 e. The maximum atomic E-state index is 11.7. The topological polar surface area (TPSA) is 29.5 Å². The first-order valence-corrected chi connectivity index (χ1v) is 6.35. The van der Waals surface area contributed by atoms with Crippen LogP contribution in [0.5, 0.6) is 5.75 Å². The first-order valence-electron chi connectivity index (χ1n) is 5.56. The van der Waals surface area contributed by atoms with E-state index < -0.39 is 0 Å². The predicted molar refractivity (Wildman–Crippen MR) is 72.3 cm³/mol. The van der Waals surface area contributed by atoms with Crippen molar-refractivity contribution >= 4 is 21.8 Å².